The van der Waals surface area contributed by atoms with Crippen LogP contribution in [0.5, 0.6) is 0 Å². The van der Waals surface area contributed by atoms with E-state index in [2.05, 4.69) is 36.7 Å². The van der Waals surface area contributed by atoms with Crippen molar-refractivity contribution in [1.82, 2.24) is 0 Å². The number of carbonyl (C=O) groups excluding carboxylic acids is 2. The fourth-order valence-electron chi connectivity index (χ4n) is 4.93. The average molecular weight is 554 g/mol. The standard InChI is InChI=1S/C32H28BrNO3/c1-19-18-22(14-17-25(19)33)29(35)27-28(21-12-15-23(16-13-21)32(2,3)4)34(31(37)30(27)36)26-11-7-9-20-8-5-6-10-24(20)26/h5-18,28,35H,1-4H3/b29-27+. The fraction of sp³-hybridized carbons (Fsp3) is 0.188. The van der Waals surface area contributed by atoms with Crippen LogP contribution in [-0.2, 0) is 15.0 Å². The van der Waals surface area contributed by atoms with Gasteiger partial charge in [0.05, 0.1) is 17.3 Å². The van der Waals surface area contributed by atoms with Crippen LogP contribution in [0.25, 0.3) is 16.5 Å². The molecule has 1 heterocycles. The number of hydrogen-bond acceptors (Lipinski definition) is 3. The molecule has 5 rings (SSSR count). The first-order valence-corrected chi connectivity index (χ1v) is 13.0. The Kier molecular flexibility index (Phi) is 6.28. The minimum atomic E-state index is -0.774. The molecule has 0 bridgehead atoms. The van der Waals surface area contributed by atoms with Crippen molar-refractivity contribution in [3.8, 4) is 0 Å². The number of aryl methyl sites for hydroxylation is 1. The summed E-state index contributed by atoms with van der Waals surface area (Å²) < 4.78 is 0.898. The van der Waals surface area contributed by atoms with E-state index in [1.54, 1.807) is 6.07 Å². The lowest BCUT2D eigenvalue weighted by atomic mass is 9.85. The second-order valence-electron chi connectivity index (χ2n) is 10.5. The molecule has 4 aromatic rings. The van der Waals surface area contributed by atoms with Crippen LogP contribution in [0.3, 0.4) is 0 Å². The highest BCUT2D eigenvalue weighted by Gasteiger charge is 2.47. The van der Waals surface area contributed by atoms with Gasteiger partial charge in [-0.3, -0.25) is 14.5 Å². The Morgan fingerprint density at radius 2 is 1.57 bits per heavy atom. The molecular formula is C32H28BrNO3. The third kappa shape index (κ3) is 4.38. The maximum atomic E-state index is 13.7. The van der Waals surface area contributed by atoms with Crippen molar-refractivity contribution in [1.29, 1.82) is 0 Å². The Balaban J connectivity index is 1.76. The molecule has 0 aromatic heterocycles. The molecule has 4 nitrogen and oxygen atoms in total. The zero-order chi connectivity index (χ0) is 26.5. The Hall–Kier alpha value is -3.70. The zero-order valence-corrected chi connectivity index (χ0v) is 22.8. The number of hydrogen-bond donors (Lipinski definition) is 1. The van der Waals surface area contributed by atoms with Crippen LogP contribution in [0.2, 0.25) is 0 Å². The van der Waals surface area contributed by atoms with Gasteiger partial charge >= 0.3 is 0 Å². The molecule has 186 valence electrons. The molecule has 1 amide bonds. The Labute approximate surface area is 225 Å². The lowest BCUT2D eigenvalue weighted by Gasteiger charge is -2.27. The van der Waals surface area contributed by atoms with E-state index in [0.717, 1.165) is 31.9 Å². The van der Waals surface area contributed by atoms with E-state index in [4.69, 9.17) is 0 Å². The molecule has 0 aliphatic carbocycles. The molecular weight excluding hydrogens is 526 g/mol. The number of aliphatic hydroxyl groups excluding tert-OH is 1. The number of amides is 1. The van der Waals surface area contributed by atoms with E-state index >= 15 is 0 Å². The first kappa shape index (κ1) is 25.0. The summed E-state index contributed by atoms with van der Waals surface area (Å²) in [6, 6.07) is 26.1. The first-order chi connectivity index (χ1) is 17.6. The number of rotatable bonds is 3. The molecule has 1 N–H and O–H groups in total. The van der Waals surface area contributed by atoms with Gasteiger partial charge in [0.25, 0.3) is 11.7 Å². The highest BCUT2D eigenvalue weighted by atomic mass is 79.9. The van der Waals surface area contributed by atoms with Crippen molar-refractivity contribution in [2.45, 2.75) is 39.2 Å². The van der Waals surface area contributed by atoms with E-state index in [0.29, 0.717) is 11.3 Å². The van der Waals surface area contributed by atoms with Crippen LogP contribution in [0.15, 0.2) is 95.0 Å². The maximum Gasteiger partial charge on any atom is 0.300 e. The number of benzene rings is 4. The van der Waals surface area contributed by atoms with Crippen LogP contribution >= 0.6 is 15.9 Å². The van der Waals surface area contributed by atoms with E-state index in [9.17, 15) is 14.7 Å². The molecule has 0 spiro atoms. The van der Waals surface area contributed by atoms with Crippen LogP contribution in [0.4, 0.5) is 5.69 Å². The van der Waals surface area contributed by atoms with E-state index in [1.165, 1.54) is 4.90 Å². The van der Waals surface area contributed by atoms with Gasteiger partial charge in [-0.25, -0.2) is 0 Å². The SMILES string of the molecule is Cc1cc(/C(O)=C2\C(=O)C(=O)N(c3cccc4ccccc34)C2c2ccc(C(C)(C)C)cc2)ccc1Br. The third-order valence-corrected chi connectivity index (χ3v) is 7.88. The Bertz CT molecular complexity index is 1570. The molecule has 5 heteroatoms. The van der Waals surface area contributed by atoms with Gasteiger partial charge in [0.2, 0.25) is 0 Å². The smallest absolute Gasteiger partial charge is 0.300 e. The van der Waals surface area contributed by atoms with Crippen molar-refractivity contribution < 1.29 is 14.7 Å². The molecule has 0 saturated carbocycles. The van der Waals surface area contributed by atoms with Crippen LogP contribution in [0, 0.1) is 6.92 Å². The summed E-state index contributed by atoms with van der Waals surface area (Å²) >= 11 is 3.49. The Morgan fingerprint density at radius 3 is 2.24 bits per heavy atom. The largest absolute Gasteiger partial charge is 0.507 e. The Morgan fingerprint density at radius 1 is 0.892 bits per heavy atom. The highest BCUT2D eigenvalue weighted by molar-refractivity contribution is 9.10. The van der Waals surface area contributed by atoms with Crippen molar-refractivity contribution in [3.63, 3.8) is 0 Å². The number of aliphatic hydroxyl groups is 1. The topological polar surface area (TPSA) is 57.6 Å². The lowest BCUT2D eigenvalue weighted by Crippen LogP contribution is -2.29. The summed E-state index contributed by atoms with van der Waals surface area (Å²) in [4.78, 5) is 28.8. The van der Waals surface area contributed by atoms with Gasteiger partial charge in [0, 0.05) is 15.4 Å². The molecule has 1 saturated heterocycles. The number of halogens is 1. The normalized spacial score (nSPS) is 17.5. The molecule has 1 atom stereocenters. The van der Waals surface area contributed by atoms with Gasteiger partial charge in [-0.2, -0.15) is 0 Å². The predicted molar refractivity (Wildman–Crippen MR) is 153 cm³/mol. The number of Topliss-reactive ketones (excluding diaryl/α,β-unsaturated/α-hetero) is 1. The van der Waals surface area contributed by atoms with Crippen LogP contribution in [-0.4, -0.2) is 16.8 Å². The van der Waals surface area contributed by atoms with E-state index < -0.39 is 17.7 Å². The third-order valence-electron chi connectivity index (χ3n) is 6.99. The molecule has 1 aliphatic heterocycles. The quantitative estimate of drug-likeness (QED) is 0.160. The van der Waals surface area contributed by atoms with E-state index in [-0.39, 0.29) is 16.7 Å². The lowest BCUT2D eigenvalue weighted by molar-refractivity contribution is -0.132. The maximum absolute atomic E-state index is 13.7. The molecule has 37 heavy (non-hydrogen) atoms. The van der Waals surface area contributed by atoms with E-state index in [1.807, 2.05) is 85.8 Å². The predicted octanol–water partition coefficient (Wildman–Crippen LogP) is 7.83. The molecule has 4 aromatic carbocycles. The van der Waals surface area contributed by atoms with Gasteiger partial charge in [-0.05, 0) is 52.6 Å². The summed E-state index contributed by atoms with van der Waals surface area (Å²) in [6.07, 6.45) is 0. The van der Waals surface area contributed by atoms with Gasteiger partial charge in [-0.15, -0.1) is 0 Å². The molecule has 1 aliphatic rings. The number of fused-ring (bicyclic) bond motifs is 1. The summed E-state index contributed by atoms with van der Waals surface area (Å²) in [6.45, 7) is 8.33. The summed E-state index contributed by atoms with van der Waals surface area (Å²) in [5.41, 5.74) is 3.98. The summed E-state index contributed by atoms with van der Waals surface area (Å²) in [7, 11) is 0. The second kappa shape index (κ2) is 9.31. The molecule has 1 fully saturated rings. The van der Waals surface area contributed by atoms with Gasteiger partial charge < -0.3 is 5.11 Å². The van der Waals surface area contributed by atoms with Crippen molar-refractivity contribution in [3.05, 3.63) is 117 Å². The van der Waals surface area contributed by atoms with Crippen molar-refractivity contribution in [2.75, 3.05) is 4.90 Å². The fourth-order valence-corrected chi connectivity index (χ4v) is 5.17. The minimum Gasteiger partial charge on any atom is -0.507 e. The first-order valence-electron chi connectivity index (χ1n) is 12.2. The molecule has 1 unspecified atom stereocenters. The van der Waals surface area contributed by atoms with Crippen molar-refractivity contribution >= 4 is 49.8 Å². The van der Waals surface area contributed by atoms with Crippen LogP contribution in [0.1, 0.15) is 49.1 Å². The number of nitrogens with zero attached hydrogens (tertiary/aromatic N) is 1. The average Bonchev–Trinajstić information content (AvgIpc) is 3.14. The van der Waals surface area contributed by atoms with Gasteiger partial charge in [0.1, 0.15) is 5.76 Å². The number of carbonyl (C=O) groups is 2. The summed E-state index contributed by atoms with van der Waals surface area (Å²) in [5.74, 6) is -1.53. The molecule has 0 radical (unpaired) electrons. The zero-order valence-electron chi connectivity index (χ0n) is 21.2. The minimum absolute atomic E-state index is 0.0507. The second-order valence-corrected chi connectivity index (χ2v) is 11.4. The van der Waals surface area contributed by atoms with Crippen molar-refractivity contribution in [2.24, 2.45) is 0 Å². The van der Waals surface area contributed by atoms with Gasteiger partial charge in [-0.1, -0.05) is 103 Å². The van der Waals surface area contributed by atoms with Gasteiger partial charge in [0.15, 0.2) is 0 Å². The summed E-state index contributed by atoms with van der Waals surface area (Å²) in [5, 5.41) is 13.3. The van der Waals surface area contributed by atoms with Crippen LogP contribution < -0.4 is 4.90 Å². The number of anilines is 1. The number of ketones is 1. The monoisotopic (exact) mass is 553 g/mol. The highest BCUT2D eigenvalue weighted by Crippen LogP contribution is 2.44.